The highest BCUT2D eigenvalue weighted by Crippen LogP contribution is 2.28. The van der Waals surface area contributed by atoms with Crippen LogP contribution in [0.25, 0.3) is 0 Å². The Hall–Kier alpha value is -1.51. The van der Waals surface area contributed by atoms with E-state index in [1.807, 2.05) is 19.1 Å². The second kappa shape index (κ2) is 6.97. The van der Waals surface area contributed by atoms with E-state index < -0.39 is 0 Å². The van der Waals surface area contributed by atoms with Crippen LogP contribution in [0, 0.1) is 19.8 Å². The van der Waals surface area contributed by atoms with Crippen molar-refractivity contribution in [3.05, 3.63) is 29.3 Å². The maximum Gasteiger partial charge on any atom is 0.226 e. The normalized spacial score (nSPS) is 14.3. The number of ether oxygens (including phenoxy) is 1. The predicted molar refractivity (Wildman–Crippen MR) is 85.6 cm³/mol. The number of carbonyl (C=O) groups is 1. The van der Waals surface area contributed by atoms with Crippen LogP contribution in [0.2, 0.25) is 0 Å². The van der Waals surface area contributed by atoms with Gasteiger partial charge in [-0.15, -0.1) is 0 Å². The SMILES string of the molecule is Cc1ccc(OCCC(=O)N(CC(C)C)C2CC2)c(C)c1. The van der Waals surface area contributed by atoms with Crippen molar-refractivity contribution in [1.29, 1.82) is 0 Å². The number of hydrogen-bond donors (Lipinski definition) is 0. The molecule has 1 aliphatic rings. The van der Waals surface area contributed by atoms with Gasteiger partial charge in [-0.05, 0) is 44.2 Å². The molecular formula is C18H27NO2. The van der Waals surface area contributed by atoms with Crippen molar-refractivity contribution < 1.29 is 9.53 Å². The van der Waals surface area contributed by atoms with Crippen LogP contribution in [-0.4, -0.2) is 30.0 Å². The van der Waals surface area contributed by atoms with Crippen LogP contribution < -0.4 is 4.74 Å². The van der Waals surface area contributed by atoms with Gasteiger partial charge in [0.15, 0.2) is 0 Å². The third-order valence-electron chi connectivity index (χ3n) is 3.77. The van der Waals surface area contributed by atoms with Gasteiger partial charge in [-0.1, -0.05) is 31.5 Å². The zero-order valence-electron chi connectivity index (χ0n) is 13.7. The van der Waals surface area contributed by atoms with Crippen molar-refractivity contribution >= 4 is 5.91 Å². The van der Waals surface area contributed by atoms with E-state index in [1.165, 1.54) is 5.56 Å². The van der Waals surface area contributed by atoms with Crippen LogP contribution in [0.5, 0.6) is 5.75 Å². The highest BCUT2D eigenvalue weighted by atomic mass is 16.5. The molecule has 0 aliphatic heterocycles. The Morgan fingerprint density at radius 1 is 1.33 bits per heavy atom. The molecule has 3 heteroatoms. The standard InChI is InChI=1S/C18H27NO2/c1-13(2)12-19(16-6-7-16)18(20)9-10-21-17-8-5-14(3)11-15(17)4/h5,8,11,13,16H,6-7,9-10,12H2,1-4H3. The van der Waals surface area contributed by atoms with Crippen LogP contribution in [-0.2, 0) is 4.79 Å². The molecule has 3 nitrogen and oxygen atoms in total. The van der Waals surface area contributed by atoms with Crippen molar-refractivity contribution in [3.63, 3.8) is 0 Å². The number of benzene rings is 1. The van der Waals surface area contributed by atoms with Crippen molar-refractivity contribution in [2.24, 2.45) is 5.92 Å². The Morgan fingerprint density at radius 3 is 2.62 bits per heavy atom. The monoisotopic (exact) mass is 289 g/mol. The Kier molecular flexibility index (Phi) is 5.27. The Balaban J connectivity index is 1.82. The van der Waals surface area contributed by atoms with E-state index in [1.54, 1.807) is 0 Å². The quantitative estimate of drug-likeness (QED) is 0.765. The molecule has 116 valence electrons. The molecule has 0 heterocycles. The van der Waals surface area contributed by atoms with Crippen LogP contribution in [0.1, 0.15) is 44.2 Å². The molecule has 0 aromatic heterocycles. The fourth-order valence-corrected chi connectivity index (χ4v) is 2.59. The molecule has 2 rings (SSSR count). The summed E-state index contributed by atoms with van der Waals surface area (Å²) < 4.78 is 5.77. The summed E-state index contributed by atoms with van der Waals surface area (Å²) in [5, 5.41) is 0. The molecule has 1 aromatic rings. The predicted octanol–water partition coefficient (Wildman–Crippen LogP) is 3.72. The van der Waals surface area contributed by atoms with E-state index in [-0.39, 0.29) is 5.91 Å². The molecule has 0 saturated heterocycles. The second-order valence-electron chi connectivity index (χ2n) is 6.54. The summed E-state index contributed by atoms with van der Waals surface area (Å²) in [5.74, 6) is 1.64. The molecule has 1 amide bonds. The van der Waals surface area contributed by atoms with Gasteiger partial charge >= 0.3 is 0 Å². The van der Waals surface area contributed by atoms with Crippen molar-refractivity contribution in [2.45, 2.75) is 53.0 Å². The number of carbonyl (C=O) groups excluding carboxylic acids is 1. The van der Waals surface area contributed by atoms with Crippen molar-refractivity contribution in [3.8, 4) is 5.75 Å². The lowest BCUT2D eigenvalue weighted by molar-refractivity contribution is -0.132. The first-order valence-corrected chi connectivity index (χ1v) is 7.97. The highest BCUT2D eigenvalue weighted by molar-refractivity contribution is 5.77. The first-order valence-electron chi connectivity index (χ1n) is 7.97. The Morgan fingerprint density at radius 2 is 2.05 bits per heavy atom. The molecule has 0 unspecified atom stereocenters. The van der Waals surface area contributed by atoms with Crippen molar-refractivity contribution in [1.82, 2.24) is 4.90 Å². The fraction of sp³-hybridized carbons (Fsp3) is 0.611. The van der Waals surface area contributed by atoms with E-state index in [9.17, 15) is 4.79 Å². The average molecular weight is 289 g/mol. The zero-order valence-corrected chi connectivity index (χ0v) is 13.7. The van der Waals surface area contributed by atoms with Gasteiger partial charge in [0.1, 0.15) is 5.75 Å². The summed E-state index contributed by atoms with van der Waals surface area (Å²) in [6.07, 6.45) is 2.79. The topological polar surface area (TPSA) is 29.5 Å². The number of nitrogens with zero attached hydrogens (tertiary/aromatic N) is 1. The van der Waals surface area contributed by atoms with Gasteiger partial charge in [-0.3, -0.25) is 4.79 Å². The number of rotatable bonds is 7. The van der Waals surface area contributed by atoms with Gasteiger partial charge in [0, 0.05) is 12.6 Å². The summed E-state index contributed by atoms with van der Waals surface area (Å²) in [6, 6.07) is 6.62. The Bertz CT molecular complexity index is 492. The molecule has 1 aromatic carbocycles. The lowest BCUT2D eigenvalue weighted by atomic mass is 10.1. The smallest absolute Gasteiger partial charge is 0.226 e. The van der Waals surface area contributed by atoms with Crippen LogP contribution in [0.4, 0.5) is 0 Å². The summed E-state index contributed by atoms with van der Waals surface area (Å²) in [6.45, 7) is 9.76. The minimum Gasteiger partial charge on any atom is -0.493 e. The minimum absolute atomic E-state index is 0.232. The molecule has 0 bridgehead atoms. The molecule has 0 radical (unpaired) electrons. The first kappa shape index (κ1) is 15.9. The molecule has 1 saturated carbocycles. The number of amides is 1. The van der Waals surface area contributed by atoms with Gasteiger partial charge in [-0.25, -0.2) is 0 Å². The maximum absolute atomic E-state index is 12.3. The highest BCUT2D eigenvalue weighted by Gasteiger charge is 2.32. The number of aryl methyl sites for hydroxylation is 2. The van der Waals surface area contributed by atoms with Crippen LogP contribution >= 0.6 is 0 Å². The molecular weight excluding hydrogens is 262 g/mol. The third-order valence-corrected chi connectivity index (χ3v) is 3.77. The number of hydrogen-bond acceptors (Lipinski definition) is 2. The summed E-state index contributed by atoms with van der Waals surface area (Å²) in [5.41, 5.74) is 2.36. The molecule has 1 fully saturated rings. The van der Waals surface area contributed by atoms with E-state index in [0.29, 0.717) is 25.0 Å². The molecule has 0 atom stereocenters. The summed E-state index contributed by atoms with van der Waals surface area (Å²) in [4.78, 5) is 14.4. The van der Waals surface area contributed by atoms with E-state index in [2.05, 4.69) is 31.7 Å². The lowest BCUT2D eigenvalue weighted by Crippen LogP contribution is -2.36. The van der Waals surface area contributed by atoms with Gasteiger partial charge < -0.3 is 9.64 Å². The lowest BCUT2D eigenvalue weighted by Gasteiger charge is -2.24. The van der Waals surface area contributed by atoms with Gasteiger partial charge in [-0.2, -0.15) is 0 Å². The summed E-state index contributed by atoms with van der Waals surface area (Å²) >= 11 is 0. The van der Waals surface area contributed by atoms with E-state index in [4.69, 9.17) is 4.74 Å². The van der Waals surface area contributed by atoms with E-state index in [0.717, 1.165) is 30.7 Å². The van der Waals surface area contributed by atoms with Gasteiger partial charge in [0.05, 0.1) is 13.0 Å². The minimum atomic E-state index is 0.232. The molecule has 0 N–H and O–H groups in total. The summed E-state index contributed by atoms with van der Waals surface area (Å²) in [7, 11) is 0. The second-order valence-corrected chi connectivity index (χ2v) is 6.54. The van der Waals surface area contributed by atoms with Crippen molar-refractivity contribution in [2.75, 3.05) is 13.2 Å². The first-order chi connectivity index (χ1) is 9.97. The molecule has 0 spiro atoms. The van der Waals surface area contributed by atoms with Crippen LogP contribution in [0.3, 0.4) is 0 Å². The fourth-order valence-electron chi connectivity index (χ4n) is 2.59. The third kappa shape index (κ3) is 4.76. The average Bonchev–Trinajstić information content (AvgIpc) is 3.22. The Labute approximate surface area is 128 Å². The molecule has 21 heavy (non-hydrogen) atoms. The maximum atomic E-state index is 12.3. The largest absolute Gasteiger partial charge is 0.493 e. The zero-order chi connectivity index (χ0) is 15.4. The van der Waals surface area contributed by atoms with Gasteiger partial charge in [0.25, 0.3) is 0 Å². The van der Waals surface area contributed by atoms with Crippen LogP contribution in [0.15, 0.2) is 18.2 Å². The van der Waals surface area contributed by atoms with E-state index >= 15 is 0 Å². The van der Waals surface area contributed by atoms with Gasteiger partial charge in [0.2, 0.25) is 5.91 Å². The molecule has 1 aliphatic carbocycles.